The van der Waals surface area contributed by atoms with E-state index in [-0.39, 0.29) is 17.0 Å². The van der Waals surface area contributed by atoms with Crippen molar-refractivity contribution < 1.29 is 4.79 Å². The summed E-state index contributed by atoms with van der Waals surface area (Å²) in [6.07, 6.45) is 3.86. The standard InChI is InChI=1S/C21H22ClN5O2/c1-21(2,3)27-17-8-9-26(12-14(17)10-24-27)20(29)16-11-23-18(25-19(16)28)13-4-6-15(22)7-5-13/h4-7,10-11H,8-9,12H2,1-3H3,(H,23,25,28). The van der Waals surface area contributed by atoms with Gasteiger partial charge in [-0.2, -0.15) is 5.10 Å². The molecule has 0 saturated carbocycles. The number of rotatable bonds is 2. The van der Waals surface area contributed by atoms with Crippen molar-refractivity contribution in [3.63, 3.8) is 0 Å². The van der Waals surface area contributed by atoms with Crippen LogP contribution in [0.4, 0.5) is 0 Å². The van der Waals surface area contributed by atoms with Crippen LogP contribution in [-0.4, -0.2) is 37.1 Å². The smallest absolute Gasteiger partial charge is 0.264 e. The van der Waals surface area contributed by atoms with Crippen LogP contribution in [0.15, 0.2) is 41.5 Å². The maximum atomic E-state index is 12.9. The van der Waals surface area contributed by atoms with Crippen LogP contribution in [0.25, 0.3) is 11.4 Å². The summed E-state index contributed by atoms with van der Waals surface area (Å²) in [6.45, 7) is 7.27. The first kappa shape index (κ1) is 19.4. The molecule has 0 radical (unpaired) electrons. The number of H-pyrrole nitrogens is 1. The van der Waals surface area contributed by atoms with Gasteiger partial charge >= 0.3 is 0 Å². The number of hydrogen-bond donors (Lipinski definition) is 1. The summed E-state index contributed by atoms with van der Waals surface area (Å²) < 4.78 is 2.01. The third kappa shape index (κ3) is 3.70. The molecular weight excluding hydrogens is 390 g/mol. The van der Waals surface area contributed by atoms with Crippen molar-refractivity contribution in [2.24, 2.45) is 0 Å². The number of amides is 1. The first-order valence-electron chi connectivity index (χ1n) is 9.45. The van der Waals surface area contributed by atoms with Gasteiger partial charge in [-0.1, -0.05) is 11.6 Å². The number of carbonyl (C=O) groups is 1. The van der Waals surface area contributed by atoms with Gasteiger partial charge in [-0.25, -0.2) is 4.98 Å². The molecule has 0 saturated heterocycles. The van der Waals surface area contributed by atoms with Gasteiger partial charge in [0.25, 0.3) is 11.5 Å². The predicted octanol–water partition coefficient (Wildman–Crippen LogP) is 3.24. The summed E-state index contributed by atoms with van der Waals surface area (Å²) in [7, 11) is 0. The van der Waals surface area contributed by atoms with E-state index >= 15 is 0 Å². The molecule has 0 fully saturated rings. The van der Waals surface area contributed by atoms with E-state index in [9.17, 15) is 9.59 Å². The highest BCUT2D eigenvalue weighted by Gasteiger charge is 2.29. The van der Waals surface area contributed by atoms with Gasteiger partial charge in [-0.15, -0.1) is 0 Å². The first-order valence-corrected chi connectivity index (χ1v) is 9.82. The number of carbonyl (C=O) groups excluding carboxylic acids is 1. The zero-order valence-electron chi connectivity index (χ0n) is 16.6. The fraction of sp³-hybridized carbons (Fsp3) is 0.333. The average Bonchev–Trinajstić information content (AvgIpc) is 3.11. The van der Waals surface area contributed by atoms with Gasteiger partial charge in [0, 0.05) is 47.6 Å². The highest BCUT2D eigenvalue weighted by Crippen LogP contribution is 2.25. The van der Waals surface area contributed by atoms with E-state index in [1.807, 2.05) is 10.9 Å². The summed E-state index contributed by atoms with van der Waals surface area (Å²) in [5, 5.41) is 5.09. The Morgan fingerprint density at radius 1 is 1.17 bits per heavy atom. The molecule has 7 nitrogen and oxygen atoms in total. The molecule has 4 rings (SSSR count). The van der Waals surface area contributed by atoms with Gasteiger partial charge < -0.3 is 9.88 Å². The Bertz CT molecular complexity index is 1130. The largest absolute Gasteiger partial charge is 0.334 e. The van der Waals surface area contributed by atoms with Crippen LogP contribution in [0.3, 0.4) is 0 Å². The van der Waals surface area contributed by atoms with Crippen molar-refractivity contribution in [3.8, 4) is 11.4 Å². The number of benzene rings is 1. The predicted molar refractivity (Wildman–Crippen MR) is 111 cm³/mol. The minimum Gasteiger partial charge on any atom is -0.334 e. The molecule has 1 aromatic carbocycles. The van der Waals surface area contributed by atoms with Gasteiger partial charge in [0.05, 0.1) is 11.7 Å². The van der Waals surface area contributed by atoms with Crippen LogP contribution in [0, 0.1) is 0 Å². The van der Waals surface area contributed by atoms with E-state index in [1.54, 1.807) is 29.2 Å². The van der Waals surface area contributed by atoms with Crippen molar-refractivity contribution in [1.29, 1.82) is 0 Å². The second-order valence-electron chi connectivity index (χ2n) is 8.16. The zero-order chi connectivity index (χ0) is 20.8. The molecule has 0 atom stereocenters. The third-order valence-electron chi connectivity index (χ3n) is 5.01. The highest BCUT2D eigenvalue weighted by molar-refractivity contribution is 6.30. The monoisotopic (exact) mass is 411 g/mol. The van der Waals surface area contributed by atoms with Crippen LogP contribution in [0.2, 0.25) is 5.02 Å². The maximum Gasteiger partial charge on any atom is 0.264 e. The molecular formula is C21H22ClN5O2. The van der Waals surface area contributed by atoms with E-state index < -0.39 is 5.56 Å². The van der Waals surface area contributed by atoms with Gasteiger partial charge in [-0.3, -0.25) is 14.3 Å². The molecule has 2 aromatic heterocycles. The number of fused-ring (bicyclic) bond motifs is 1. The van der Waals surface area contributed by atoms with Gasteiger partial charge in [0.1, 0.15) is 11.4 Å². The quantitative estimate of drug-likeness (QED) is 0.701. The van der Waals surface area contributed by atoms with Crippen LogP contribution in [-0.2, 0) is 18.5 Å². The Morgan fingerprint density at radius 2 is 1.90 bits per heavy atom. The first-order chi connectivity index (χ1) is 13.7. The molecule has 0 unspecified atom stereocenters. The van der Waals surface area contributed by atoms with E-state index in [0.717, 1.165) is 16.8 Å². The van der Waals surface area contributed by atoms with Crippen LogP contribution in [0.5, 0.6) is 0 Å². The lowest BCUT2D eigenvalue weighted by Crippen LogP contribution is -2.39. The number of aromatic nitrogens is 4. The molecule has 0 spiro atoms. The van der Waals surface area contributed by atoms with Crippen molar-refractivity contribution >= 4 is 17.5 Å². The lowest BCUT2D eigenvalue weighted by Gasteiger charge is -2.30. The van der Waals surface area contributed by atoms with Gasteiger partial charge in [0.2, 0.25) is 0 Å². The number of nitrogens with zero attached hydrogens (tertiary/aromatic N) is 4. The number of halogens is 1. The summed E-state index contributed by atoms with van der Waals surface area (Å²) >= 11 is 5.90. The minimum atomic E-state index is -0.453. The Labute approximate surface area is 173 Å². The van der Waals surface area contributed by atoms with Crippen molar-refractivity contribution in [2.45, 2.75) is 39.3 Å². The average molecular weight is 412 g/mol. The lowest BCUT2D eigenvalue weighted by atomic mass is 10.0. The summed E-state index contributed by atoms with van der Waals surface area (Å²) in [4.78, 5) is 34.2. The lowest BCUT2D eigenvalue weighted by molar-refractivity contribution is 0.0730. The van der Waals surface area contributed by atoms with E-state index in [1.165, 1.54) is 6.20 Å². The number of nitrogens with one attached hydrogen (secondary N) is 1. The molecule has 3 heterocycles. The molecule has 1 aliphatic rings. The maximum absolute atomic E-state index is 12.9. The van der Waals surface area contributed by atoms with Crippen molar-refractivity contribution in [2.75, 3.05) is 6.54 Å². The van der Waals surface area contributed by atoms with Crippen LogP contribution in [0.1, 0.15) is 42.4 Å². The summed E-state index contributed by atoms with van der Waals surface area (Å²) in [6, 6.07) is 6.97. The van der Waals surface area contributed by atoms with Crippen LogP contribution >= 0.6 is 11.6 Å². The number of hydrogen-bond acceptors (Lipinski definition) is 4. The topological polar surface area (TPSA) is 83.9 Å². The molecule has 1 aliphatic heterocycles. The summed E-state index contributed by atoms with van der Waals surface area (Å²) in [5.41, 5.74) is 2.36. The molecule has 0 aliphatic carbocycles. The molecule has 1 amide bonds. The van der Waals surface area contributed by atoms with E-state index in [2.05, 4.69) is 35.8 Å². The fourth-order valence-corrected chi connectivity index (χ4v) is 3.68. The highest BCUT2D eigenvalue weighted by atomic mass is 35.5. The van der Waals surface area contributed by atoms with Crippen LogP contribution < -0.4 is 5.56 Å². The Balaban J connectivity index is 1.57. The Morgan fingerprint density at radius 3 is 2.55 bits per heavy atom. The third-order valence-corrected chi connectivity index (χ3v) is 5.26. The van der Waals surface area contributed by atoms with Gasteiger partial charge in [0.15, 0.2) is 0 Å². The summed E-state index contributed by atoms with van der Waals surface area (Å²) in [5.74, 6) is 0.0752. The molecule has 1 N–H and O–H groups in total. The SMILES string of the molecule is CC(C)(C)n1ncc2c1CCN(C(=O)c1cnc(-c3ccc(Cl)cc3)[nH]c1=O)C2. The molecule has 29 heavy (non-hydrogen) atoms. The van der Waals surface area contributed by atoms with E-state index in [0.29, 0.717) is 30.4 Å². The molecule has 3 aromatic rings. The Kier molecular flexibility index (Phi) is 4.78. The zero-order valence-corrected chi connectivity index (χ0v) is 17.3. The number of aromatic amines is 1. The minimum absolute atomic E-state index is 0.0365. The second kappa shape index (κ2) is 7.15. The molecule has 0 bridgehead atoms. The molecule has 8 heteroatoms. The Hall–Kier alpha value is -2.93. The normalized spacial score (nSPS) is 14.0. The van der Waals surface area contributed by atoms with E-state index in [4.69, 9.17) is 11.6 Å². The fourth-order valence-electron chi connectivity index (χ4n) is 3.56. The van der Waals surface area contributed by atoms with Gasteiger partial charge in [-0.05, 0) is 45.0 Å². The second-order valence-corrected chi connectivity index (χ2v) is 8.59. The van der Waals surface area contributed by atoms with Crippen molar-refractivity contribution in [1.82, 2.24) is 24.6 Å². The van der Waals surface area contributed by atoms with Crippen molar-refractivity contribution in [3.05, 3.63) is 68.9 Å². The molecule has 150 valence electrons.